The van der Waals surface area contributed by atoms with Crippen LogP contribution in [0.25, 0.3) is 10.9 Å². The molecule has 2 N–H and O–H groups in total. The van der Waals surface area contributed by atoms with Gasteiger partial charge < -0.3 is 5.73 Å². The molecule has 0 saturated heterocycles. The number of fused-ring (bicyclic) bond motifs is 1. The van der Waals surface area contributed by atoms with Crippen LogP contribution in [0.3, 0.4) is 0 Å². The average molecular weight is 230 g/mol. The van der Waals surface area contributed by atoms with Crippen LogP contribution in [0.2, 0.25) is 0 Å². The van der Waals surface area contributed by atoms with E-state index in [0.29, 0.717) is 5.39 Å². The van der Waals surface area contributed by atoms with Gasteiger partial charge in [-0.25, -0.2) is 9.37 Å². The van der Waals surface area contributed by atoms with E-state index in [2.05, 4.69) is 4.98 Å². The summed E-state index contributed by atoms with van der Waals surface area (Å²) in [6.45, 7) is 0. The lowest BCUT2D eigenvalue weighted by Crippen LogP contribution is -2.09. The van der Waals surface area contributed by atoms with Gasteiger partial charge in [-0.05, 0) is 18.2 Å². The minimum atomic E-state index is -4.59. The molecule has 0 unspecified atom stereocenters. The van der Waals surface area contributed by atoms with Crippen LogP contribution < -0.4 is 5.73 Å². The molecule has 2 nitrogen and oxygen atoms in total. The van der Waals surface area contributed by atoms with Gasteiger partial charge in [0.05, 0.1) is 5.52 Å². The van der Waals surface area contributed by atoms with E-state index in [1.807, 2.05) is 0 Å². The average Bonchev–Trinajstić information content (AvgIpc) is 2.15. The van der Waals surface area contributed by atoms with Crippen LogP contribution in [0.4, 0.5) is 23.2 Å². The van der Waals surface area contributed by atoms with E-state index in [0.717, 1.165) is 18.2 Å². The summed E-state index contributed by atoms with van der Waals surface area (Å²) in [5, 5.41) is 0.300. The van der Waals surface area contributed by atoms with Gasteiger partial charge in [0.25, 0.3) is 0 Å². The van der Waals surface area contributed by atoms with Crippen LogP contribution in [0.15, 0.2) is 24.3 Å². The number of nitrogens with zero attached hydrogens (tertiary/aromatic N) is 1. The van der Waals surface area contributed by atoms with Crippen LogP contribution in [-0.2, 0) is 6.18 Å². The van der Waals surface area contributed by atoms with Gasteiger partial charge in [-0.3, -0.25) is 0 Å². The topological polar surface area (TPSA) is 38.9 Å². The molecule has 0 fully saturated rings. The summed E-state index contributed by atoms with van der Waals surface area (Å²) in [5.74, 6) is -0.654. The summed E-state index contributed by atoms with van der Waals surface area (Å²) in [5.41, 5.74) is 4.14. The smallest absolute Gasteiger partial charge is 0.398 e. The van der Waals surface area contributed by atoms with E-state index in [1.165, 1.54) is 6.07 Å². The largest absolute Gasteiger partial charge is 0.433 e. The first-order valence-electron chi connectivity index (χ1n) is 4.31. The van der Waals surface area contributed by atoms with Crippen molar-refractivity contribution >= 4 is 16.6 Å². The SMILES string of the molecule is Nc1cc(C(F)(F)F)nc2cc(F)ccc12. The number of alkyl halides is 3. The van der Waals surface area contributed by atoms with Crippen LogP contribution in [0.5, 0.6) is 0 Å². The number of anilines is 1. The molecule has 0 radical (unpaired) electrons. The van der Waals surface area contributed by atoms with Crippen molar-refractivity contribution in [3.8, 4) is 0 Å². The quantitative estimate of drug-likeness (QED) is 0.706. The maximum atomic E-state index is 12.8. The number of hydrogen-bond acceptors (Lipinski definition) is 2. The maximum Gasteiger partial charge on any atom is 0.433 e. The summed E-state index contributed by atoms with van der Waals surface area (Å²) in [7, 11) is 0. The van der Waals surface area contributed by atoms with Crippen molar-refractivity contribution in [3.05, 3.63) is 35.8 Å². The lowest BCUT2D eigenvalue weighted by molar-refractivity contribution is -0.140. The molecule has 1 heterocycles. The van der Waals surface area contributed by atoms with E-state index in [1.54, 1.807) is 0 Å². The Hall–Kier alpha value is -1.85. The van der Waals surface area contributed by atoms with Crippen molar-refractivity contribution in [1.29, 1.82) is 0 Å². The van der Waals surface area contributed by atoms with Gasteiger partial charge in [0.2, 0.25) is 0 Å². The highest BCUT2D eigenvalue weighted by Crippen LogP contribution is 2.31. The molecule has 6 heteroatoms. The summed E-state index contributed by atoms with van der Waals surface area (Å²) in [6, 6.07) is 4.07. The second-order valence-corrected chi connectivity index (χ2v) is 3.26. The van der Waals surface area contributed by atoms with Crippen LogP contribution in [0.1, 0.15) is 5.69 Å². The number of halogens is 4. The lowest BCUT2D eigenvalue weighted by Gasteiger charge is -2.08. The number of aromatic nitrogens is 1. The Morgan fingerprint density at radius 3 is 2.44 bits per heavy atom. The number of hydrogen-bond donors (Lipinski definition) is 1. The van der Waals surface area contributed by atoms with Crippen LogP contribution >= 0.6 is 0 Å². The fraction of sp³-hybridized carbons (Fsp3) is 0.100. The molecule has 0 atom stereocenters. The van der Waals surface area contributed by atoms with Gasteiger partial charge >= 0.3 is 6.18 Å². The van der Waals surface area contributed by atoms with Crippen LogP contribution in [0, 0.1) is 5.82 Å². The monoisotopic (exact) mass is 230 g/mol. The number of pyridine rings is 1. The fourth-order valence-electron chi connectivity index (χ4n) is 1.37. The predicted octanol–water partition coefficient (Wildman–Crippen LogP) is 2.97. The summed E-state index contributed by atoms with van der Waals surface area (Å²) in [4.78, 5) is 3.32. The Balaban J connectivity index is 2.75. The van der Waals surface area contributed by atoms with Crippen molar-refractivity contribution < 1.29 is 17.6 Å². The van der Waals surface area contributed by atoms with Gasteiger partial charge in [0.1, 0.15) is 11.5 Å². The molecule has 16 heavy (non-hydrogen) atoms. The molecule has 2 aromatic rings. The molecule has 0 saturated carbocycles. The normalized spacial score (nSPS) is 12.0. The Bertz CT molecular complexity index is 548. The minimum absolute atomic E-state index is 0.0719. The van der Waals surface area contributed by atoms with Gasteiger partial charge in [0, 0.05) is 17.1 Å². The lowest BCUT2D eigenvalue weighted by atomic mass is 10.1. The Kier molecular flexibility index (Phi) is 2.22. The number of nitrogens with two attached hydrogens (primary N) is 1. The molecule has 0 aliphatic rings. The first-order chi connectivity index (χ1) is 7.38. The van der Waals surface area contributed by atoms with Crippen molar-refractivity contribution in [2.75, 3.05) is 5.73 Å². The maximum absolute atomic E-state index is 12.8. The van der Waals surface area contributed by atoms with E-state index in [4.69, 9.17) is 5.73 Å². The number of benzene rings is 1. The molecule has 1 aromatic heterocycles. The molecular formula is C10H6F4N2. The van der Waals surface area contributed by atoms with E-state index in [-0.39, 0.29) is 11.2 Å². The van der Waals surface area contributed by atoms with Crippen molar-refractivity contribution in [2.45, 2.75) is 6.18 Å². The first kappa shape index (κ1) is 10.7. The zero-order valence-corrected chi connectivity index (χ0v) is 7.85. The zero-order chi connectivity index (χ0) is 11.9. The molecule has 0 aliphatic carbocycles. The molecule has 0 spiro atoms. The third kappa shape index (κ3) is 1.78. The third-order valence-electron chi connectivity index (χ3n) is 2.09. The summed E-state index contributed by atoms with van der Waals surface area (Å²) >= 11 is 0. The van der Waals surface area contributed by atoms with Gasteiger partial charge in [-0.1, -0.05) is 0 Å². The highest BCUT2D eigenvalue weighted by Gasteiger charge is 2.33. The standard InChI is InChI=1S/C10H6F4N2/c11-5-1-2-6-7(15)4-9(10(12,13)14)16-8(6)3-5/h1-4H,(H2,15,16). The van der Waals surface area contributed by atoms with Gasteiger partial charge in [-0.15, -0.1) is 0 Å². The van der Waals surface area contributed by atoms with Crippen LogP contribution in [-0.4, -0.2) is 4.98 Å². The zero-order valence-electron chi connectivity index (χ0n) is 7.85. The second-order valence-electron chi connectivity index (χ2n) is 3.26. The Labute approximate surface area is 87.7 Å². The molecule has 0 aliphatic heterocycles. The summed E-state index contributed by atoms with van der Waals surface area (Å²) in [6.07, 6.45) is -4.59. The number of nitrogen functional groups attached to an aromatic ring is 1. The molecule has 1 aromatic carbocycles. The molecule has 0 amide bonds. The van der Waals surface area contributed by atoms with E-state index >= 15 is 0 Å². The van der Waals surface area contributed by atoms with E-state index in [9.17, 15) is 17.6 Å². The highest BCUT2D eigenvalue weighted by atomic mass is 19.4. The Morgan fingerprint density at radius 1 is 1.12 bits per heavy atom. The van der Waals surface area contributed by atoms with Crippen molar-refractivity contribution in [3.63, 3.8) is 0 Å². The van der Waals surface area contributed by atoms with Gasteiger partial charge in [0.15, 0.2) is 0 Å². The summed E-state index contributed by atoms with van der Waals surface area (Å²) < 4.78 is 50.0. The fourth-order valence-corrected chi connectivity index (χ4v) is 1.37. The predicted molar refractivity (Wildman–Crippen MR) is 51.1 cm³/mol. The number of rotatable bonds is 0. The minimum Gasteiger partial charge on any atom is -0.398 e. The second kappa shape index (κ2) is 3.33. The van der Waals surface area contributed by atoms with Crippen molar-refractivity contribution in [2.24, 2.45) is 0 Å². The third-order valence-corrected chi connectivity index (χ3v) is 2.09. The molecule has 2 rings (SSSR count). The van der Waals surface area contributed by atoms with Crippen molar-refractivity contribution in [1.82, 2.24) is 4.98 Å². The highest BCUT2D eigenvalue weighted by molar-refractivity contribution is 5.90. The van der Waals surface area contributed by atoms with E-state index < -0.39 is 17.7 Å². The molecule has 84 valence electrons. The molecular weight excluding hydrogens is 224 g/mol. The molecule has 0 bridgehead atoms. The first-order valence-corrected chi connectivity index (χ1v) is 4.31. The Morgan fingerprint density at radius 2 is 1.81 bits per heavy atom. The van der Waals surface area contributed by atoms with Gasteiger partial charge in [-0.2, -0.15) is 13.2 Å².